The maximum Gasteiger partial charge on any atom is 0.162 e. The molecule has 1 heterocycles. The second-order valence-electron chi connectivity index (χ2n) is 5.74. The van der Waals surface area contributed by atoms with Crippen LogP contribution in [0.5, 0.6) is 0 Å². The fraction of sp³-hybridized carbons (Fsp3) is 0.714. The van der Waals surface area contributed by atoms with E-state index in [1.165, 1.54) is 12.0 Å². The zero-order valence-electron chi connectivity index (χ0n) is 10.6. The molecule has 1 aliphatic carbocycles. The molecule has 2 heteroatoms. The zero-order valence-corrected chi connectivity index (χ0v) is 10.6. The van der Waals surface area contributed by atoms with Crippen LogP contribution in [0.15, 0.2) is 24.3 Å². The summed E-state index contributed by atoms with van der Waals surface area (Å²) in [5.41, 5.74) is 1.70. The van der Waals surface area contributed by atoms with Gasteiger partial charge in [0.05, 0.1) is 13.2 Å². The van der Waals surface area contributed by atoms with Crippen LogP contribution >= 0.6 is 0 Å². The minimum Gasteiger partial charge on any atom is -0.350 e. The number of allylic oxidation sites excluding steroid dienone is 3. The maximum atomic E-state index is 5.80. The molecular weight excluding hydrogens is 200 g/mol. The van der Waals surface area contributed by atoms with Crippen molar-refractivity contribution in [3.63, 3.8) is 0 Å². The van der Waals surface area contributed by atoms with Crippen LogP contribution in [0.25, 0.3) is 0 Å². The van der Waals surface area contributed by atoms with E-state index < -0.39 is 5.79 Å². The topological polar surface area (TPSA) is 18.5 Å². The molecule has 2 rings (SSSR count). The monoisotopic (exact) mass is 222 g/mol. The Morgan fingerprint density at radius 3 is 2.50 bits per heavy atom. The highest BCUT2D eigenvalue weighted by molar-refractivity contribution is 5.21. The summed E-state index contributed by atoms with van der Waals surface area (Å²) in [6.45, 7) is 11.7. The molecule has 1 saturated carbocycles. The molecule has 1 saturated heterocycles. The first-order chi connectivity index (χ1) is 7.46. The highest BCUT2D eigenvalue weighted by atomic mass is 16.7. The van der Waals surface area contributed by atoms with Crippen molar-refractivity contribution in [3.05, 3.63) is 24.3 Å². The largest absolute Gasteiger partial charge is 0.350 e. The molecule has 1 atom stereocenters. The molecule has 1 unspecified atom stereocenters. The van der Waals surface area contributed by atoms with Gasteiger partial charge < -0.3 is 9.47 Å². The van der Waals surface area contributed by atoms with Crippen LogP contribution in [0.4, 0.5) is 0 Å². The van der Waals surface area contributed by atoms with E-state index in [0.29, 0.717) is 5.92 Å². The van der Waals surface area contributed by atoms with E-state index in [2.05, 4.69) is 19.6 Å². The molecule has 1 spiro atoms. The van der Waals surface area contributed by atoms with E-state index in [-0.39, 0.29) is 5.41 Å². The van der Waals surface area contributed by atoms with Crippen LogP contribution in [-0.4, -0.2) is 19.0 Å². The molecule has 1 aliphatic heterocycles. The quantitative estimate of drug-likeness (QED) is 0.677. The summed E-state index contributed by atoms with van der Waals surface area (Å²) < 4.78 is 11.6. The molecule has 90 valence electrons. The van der Waals surface area contributed by atoms with Crippen molar-refractivity contribution in [3.8, 4) is 0 Å². The molecule has 0 aromatic rings. The third-order valence-corrected chi connectivity index (χ3v) is 3.74. The molecule has 16 heavy (non-hydrogen) atoms. The number of hydrogen-bond donors (Lipinski definition) is 0. The van der Waals surface area contributed by atoms with Gasteiger partial charge in [0, 0.05) is 5.41 Å². The predicted octanol–water partition coefficient (Wildman–Crippen LogP) is 3.30. The fourth-order valence-electron chi connectivity index (χ4n) is 2.79. The Kier molecular flexibility index (Phi) is 2.97. The van der Waals surface area contributed by atoms with Crippen molar-refractivity contribution in [2.75, 3.05) is 13.2 Å². The molecule has 0 aromatic heterocycles. The van der Waals surface area contributed by atoms with Gasteiger partial charge in [0.2, 0.25) is 0 Å². The van der Waals surface area contributed by atoms with Gasteiger partial charge in [-0.3, -0.25) is 0 Å². The molecule has 0 N–H and O–H groups in total. The summed E-state index contributed by atoms with van der Waals surface area (Å²) in [5, 5.41) is 0. The van der Waals surface area contributed by atoms with E-state index in [1.54, 1.807) is 0 Å². The van der Waals surface area contributed by atoms with Gasteiger partial charge in [0.15, 0.2) is 5.79 Å². The smallest absolute Gasteiger partial charge is 0.162 e. The average Bonchev–Trinajstić information content (AvgIpc) is 2.51. The predicted molar refractivity (Wildman–Crippen MR) is 65.1 cm³/mol. The average molecular weight is 222 g/mol. The standard InChI is InChI=1S/C14H22O2/c1-5-6-12-8-14(7-11(12)2)9-15-13(3,4)16-10-14/h5-6,11H,1,7-10H2,2-4H3/b12-6+. The molecule has 2 aliphatic rings. The lowest BCUT2D eigenvalue weighted by atomic mass is 9.86. The van der Waals surface area contributed by atoms with Gasteiger partial charge in [0.25, 0.3) is 0 Å². The summed E-state index contributed by atoms with van der Waals surface area (Å²) in [4.78, 5) is 0. The summed E-state index contributed by atoms with van der Waals surface area (Å²) in [7, 11) is 0. The van der Waals surface area contributed by atoms with Crippen molar-refractivity contribution >= 4 is 0 Å². The van der Waals surface area contributed by atoms with E-state index in [0.717, 1.165) is 19.6 Å². The summed E-state index contributed by atoms with van der Waals surface area (Å²) in [6.07, 6.45) is 6.30. The van der Waals surface area contributed by atoms with Crippen LogP contribution in [0.3, 0.4) is 0 Å². The van der Waals surface area contributed by atoms with Crippen LogP contribution in [-0.2, 0) is 9.47 Å². The van der Waals surface area contributed by atoms with E-state index in [1.807, 2.05) is 19.9 Å². The Morgan fingerprint density at radius 2 is 1.94 bits per heavy atom. The lowest BCUT2D eigenvalue weighted by molar-refractivity contribution is -0.284. The third kappa shape index (κ3) is 2.23. The van der Waals surface area contributed by atoms with E-state index in [9.17, 15) is 0 Å². The van der Waals surface area contributed by atoms with E-state index >= 15 is 0 Å². The Bertz CT molecular complexity index is 305. The molecule has 0 amide bonds. The Morgan fingerprint density at radius 1 is 1.31 bits per heavy atom. The van der Waals surface area contributed by atoms with Crippen molar-refractivity contribution in [2.24, 2.45) is 11.3 Å². The highest BCUT2D eigenvalue weighted by Crippen LogP contribution is 2.48. The number of hydrogen-bond acceptors (Lipinski definition) is 2. The first-order valence-corrected chi connectivity index (χ1v) is 6.06. The van der Waals surface area contributed by atoms with Crippen molar-refractivity contribution in [2.45, 2.75) is 39.4 Å². The summed E-state index contributed by atoms with van der Waals surface area (Å²) in [6, 6.07) is 0. The molecule has 0 radical (unpaired) electrons. The number of ether oxygens (including phenoxy) is 2. The van der Waals surface area contributed by atoms with Gasteiger partial charge in [-0.2, -0.15) is 0 Å². The van der Waals surface area contributed by atoms with Gasteiger partial charge in [-0.15, -0.1) is 0 Å². The van der Waals surface area contributed by atoms with Gasteiger partial charge in [-0.25, -0.2) is 0 Å². The minimum absolute atomic E-state index is 0.212. The second kappa shape index (κ2) is 4.01. The van der Waals surface area contributed by atoms with Crippen molar-refractivity contribution < 1.29 is 9.47 Å². The van der Waals surface area contributed by atoms with Gasteiger partial charge in [-0.1, -0.05) is 31.2 Å². The molecule has 2 nitrogen and oxygen atoms in total. The number of rotatable bonds is 1. The first kappa shape index (κ1) is 11.9. The van der Waals surface area contributed by atoms with Gasteiger partial charge in [-0.05, 0) is 32.6 Å². The molecule has 2 fully saturated rings. The molecule has 0 aromatic carbocycles. The fourth-order valence-corrected chi connectivity index (χ4v) is 2.79. The normalized spacial score (nSPS) is 34.4. The van der Waals surface area contributed by atoms with Crippen LogP contribution < -0.4 is 0 Å². The third-order valence-electron chi connectivity index (χ3n) is 3.74. The van der Waals surface area contributed by atoms with Gasteiger partial charge >= 0.3 is 0 Å². The van der Waals surface area contributed by atoms with Gasteiger partial charge in [0.1, 0.15) is 0 Å². The molecule has 0 bridgehead atoms. The van der Waals surface area contributed by atoms with Crippen molar-refractivity contribution in [1.82, 2.24) is 0 Å². The van der Waals surface area contributed by atoms with Crippen LogP contribution in [0.2, 0.25) is 0 Å². The lowest BCUT2D eigenvalue weighted by Gasteiger charge is -2.41. The Balaban J connectivity index is 2.07. The highest BCUT2D eigenvalue weighted by Gasteiger charge is 2.45. The molecular formula is C14H22O2. The van der Waals surface area contributed by atoms with E-state index in [4.69, 9.17) is 9.47 Å². The second-order valence-corrected chi connectivity index (χ2v) is 5.74. The Hall–Kier alpha value is -0.600. The maximum absolute atomic E-state index is 5.80. The minimum atomic E-state index is -0.403. The summed E-state index contributed by atoms with van der Waals surface area (Å²) >= 11 is 0. The van der Waals surface area contributed by atoms with Crippen LogP contribution in [0, 0.1) is 11.3 Å². The zero-order chi connectivity index (χ0) is 11.8. The first-order valence-electron chi connectivity index (χ1n) is 6.06. The van der Waals surface area contributed by atoms with Crippen LogP contribution in [0.1, 0.15) is 33.6 Å². The summed E-state index contributed by atoms with van der Waals surface area (Å²) in [5.74, 6) is 0.228. The Labute approximate surface area is 98.3 Å². The SMILES string of the molecule is C=C/C=C1\CC2(COC(C)(C)OC2)CC1C. The van der Waals surface area contributed by atoms with Crippen molar-refractivity contribution in [1.29, 1.82) is 0 Å². The lowest BCUT2D eigenvalue weighted by Crippen LogP contribution is -2.45.